The molecule has 0 fully saturated rings. The van der Waals surface area contributed by atoms with Gasteiger partial charge >= 0.3 is 6.18 Å². The maximum absolute atomic E-state index is 12.3. The molecule has 90 valence electrons. The molecule has 0 aromatic heterocycles. The van der Waals surface area contributed by atoms with Gasteiger partial charge in [0.15, 0.2) is 0 Å². The Labute approximate surface area is 93.7 Å². The molecule has 1 aromatic rings. The summed E-state index contributed by atoms with van der Waals surface area (Å²) >= 11 is 0. The number of rotatable bonds is 3. The van der Waals surface area contributed by atoms with Gasteiger partial charge in [-0.15, -0.1) is 0 Å². The first-order valence-corrected chi connectivity index (χ1v) is 5.20. The predicted molar refractivity (Wildman–Crippen MR) is 59.4 cm³/mol. The molecule has 0 unspecified atom stereocenters. The van der Waals surface area contributed by atoms with Crippen LogP contribution in [0.4, 0.5) is 18.9 Å². The molecule has 4 heteroatoms. The largest absolute Gasteiger partial charge is 0.416 e. The van der Waals surface area contributed by atoms with Crippen LogP contribution in [0, 0.1) is 0 Å². The lowest BCUT2D eigenvalue weighted by Gasteiger charge is -2.26. The zero-order valence-corrected chi connectivity index (χ0v) is 9.65. The van der Waals surface area contributed by atoms with Crippen molar-refractivity contribution in [3.05, 3.63) is 29.8 Å². The van der Waals surface area contributed by atoms with Gasteiger partial charge in [0, 0.05) is 11.2 Å². The molecular formula is C12H16F3N. The van der Waals surface area contributed by atoms with Crippen LogP contribution in [0.3, 0.4) is 0 Å². The minimum atomic E-state index is -4.27. The van der Waals surface area contributed by atoms with E-state index in [1.807, 2.05) is 20.8 Å². The molecule has 16 heavy (non-hydrogen) atoms. The first-order valence-electron chi connectivity index (χ1n) is 5.20. The Balaban J connectivity index is 2.80. The first kappa shape index (κ1) is 12.9. The third kappa shape index (κ3) is 3.43. The second-order valence-electron chi connectivity index (χ2n) is 4.44. The van der Waals surface area contributed by atoms with Crippen molar-refractivity contribution in [2.24, 2.45) is 0 Å². The van der Waals surface area contributed by atoms with Gasteiger partial charge in [0.1, 0.15) is 0 Å². The zero-order valence-electron chi connectivity index (χ0n) is 9.65. The standard InChI is InChI=1S/C12H16F3N/c1-4-11(2,3)16-10-7-5-9(6-8-10)12(13,14)15/h5-8,16H,4H2,1-3H3. The Kier molecular flexibility index (Phi) is 3.51. The van der Waals surface area contributed by atoms with Crippen LogP contribution in [0.25, 0.3) is 0 Å². The van der Waals surface area contributed by atoms with Crippen LogP contribution in [0.1, 0.15) is 32.8 Å². The summed E-state index contributed by atoms with van der Waals surface area (Å²) in [7, 11) is 0. The summed E-state index contributed by atoms with van der Waals surface area (Å²) in [5.41, 5.74) is -0.0214. The quantitative estimate of drug-likeness (QED) is 0.817. The average molecular weight is 231 g/mol. The first-order chi connectivity index (χ1) is 7.24. The van der Waals surface area contributed by atoms with Crippen LogP contribution in [-0.4, -0.2) is 5.54 Å². The SMILES string of the molecule is CCC(C)(C)Nc1ccc(C(F)(F)F)cc1. The number of anilines is 1. The van der Waals surface area contributed by atoms with Crippen molar-refractivity contribution in [2.45, 2.75) is 38.9 Å². The molecule has 0 spiro atoms. The maximum atomic E-state index is 12.3. The highest BCUT2D eigenvalue weighted by Crippen LogP contribution is 2.30. The fourth-order valence-corrected chi connectivity index (χ4v) is 1.22. The minimum absolute atomic E-state index is 0.111. The van der Waals surface area contributed by atoms with Gasteiger partial charge in [-0.25, -0.2) is 0 Å². The second-order valence-corrected chi connectivity index (χ2v) is 4.44. The Morgan fingerprint density at radius 3 is 1.94 bits per heavy atom. The fraction of sp³-hybridized carbons (Fsp3) is 0.500. The summed E-state index contributed by atoms with van der Waals surface area (Å²) in [4.78, 5) is 0. The van der Waals surface area contributed by atoms with E-state index in [-0.39, 0.29) is 5.54 Å². The molecule has 1 rings (SSSR count). The van der Waals surface area contributed by atoms with Crippen LogP contribution >= 0.6 is 0 Å². The zero-order chi connectivity index (χ0) is 12.4. The third-order valence-electron chi connectivity index (χ3n) is 2.58. The van der Waals surface area contributed by atoms with Crippen molar-refractivity contribution in [3.8, 4) is 0 Å². The maximum Gasteiger partial charge on any atom is 0.416 e. The summed E-state index contributed by atoms with van der Waals surface area (Å²) in [5.74, 6) is 0. The molecule has 0 heterocycles. The third-order valence-corrected chi connectivity index (χ3v) is 2.58. The van der Waals surface area contributed by atoms with E-state index in [9.17, 15) is 13.2 Å². The Hall–Kier alpha value is -1.19. The van der Waals surface area contributed by atoms with Crippen LogP contribution in [0.2, 0.25) is 0 Å². The Morgan fingerprint density at radius 2 is 1.56 bits per heavy atom. The van der Waals surface area contributed by atoms with Gasteiger partial charge in [-0.3, -0.25) is 0 Å². The van der Waals surface area contributed by atoms with Gasteiger partial charge in [-0.05, 0) is 44.5 Å². The highest BCUT2D eigenvalue weighted by molar-refractivity contribution is 5.46. The number of benzene rings is 1. The van der Waals surface area contributed by atoms with E-state index in [4.69, 9.17) is 0 Å². The van der Waals surface area contributed by atoms with E-state index in [2.05, 4.69) is 5.32 Å². The molecule has 0 bridgehead atoms. The van der Waals surface area contributed by atoms with Crippen molar-refractivity contribution >= 4 is 5.69 Å². The molecular weight excluding hydrogens is 215 g/mol. The highest BCUT2D eigenvalue weighted by atomic mass is 19.4. The van der Waals surface area contributed by atoms with E-state index < -0.39 is 11.7 Å². The van der Waals surface area contributed by atoms with Crippen LogP contribution in [0.15, 0.2) is 24.3 Å². The highest BCUT2D eigenvalue weighted by Gasteiger charge is 2.30. The van der Waals surface area contributed by atoms with E-state index in [0.29, 0.717) is 5.69 Å². The van der Waals surface area contributed by atoms with E-state index in [1.54, 1.807) is 0 Å². The summed E-state index contributed by atoms with van der Waals surface area (Å²) < 4.78 is 36.9. The molecule has 0 aliphatic rings. The van der Waals surface area contributed by atoms with Gasteiger partial charge in [0.05, 0.1) is 5.56 Å². The molecule has 0 atom stereocenters. The summed E-state index contributed by atoms with van der Waals surface area (Å²) in [6, 6.07) is 5.10. The van der Waals surface area contributed by atoms with Gasteiger partial charge in [0.25, 0.3) is 0 Å². The van der Waals surface area contributed by atoms with E-state index in [0.717, 1.165) is 18.6 Å². The number of nitrogens with one attached hydrogen (secondary N) is 1. The van der Waals surface area contributed by atoms with Crippen LogP contribution in [-0.2, 0) is 6.18 Å². The van der Waals surface area contributed by atoms with Crippen molar-refractivity contribution in [2.75, 3.05) is 5.32 Å². The average Bonchev–Trinajstić information content (AvgIpc) is 2.16. The molecule has 1 nitrogen and oxygen atoms in total. The lowest BCUT2D eigenvalue weighted by atomic mass is 10.0. The smallest absolute Gasteiger partial charge is 0.380 e. The monoisotopic (exact) mass is 231 g/mol. The lowest BCUT2D eigenvalue weighted by molar-refractivity contribution is -0.137. The topological polar surface area (TPSA) is 12.0 Å². The summed E-state index contributed by atoms with van der Waals surface area (Å²) in [5, 5.41) is 3.18. The minimum Gasteiger partial charge on any atom is -0.380 e. The van der Waals surface area contributed by atoms with Crippen molar-refractivity contribution in [1.29, 1.82) is 0 Å². The van der Waals surface area contributed by atoms with Gasteiger partial charge in [0.2, 0.25) is 0 Å². The fourth-order valence-electron chi connectivity index (χ4n) is 1.22. The normalized spacial score (nSPS) is 12.6. The van der Waals surface area contributed by atoms with Crippen LogP contribution in [0.5, 0.6) is 0 Å². The number of hydrogen-bond donors (Lipinski definition) is 1. The number of halogens is 3. The molecule has 0 amide bonds. The predicted octanol–water partition coefficient (Wildman–Crippen LogP) is 4.31. The lowest BCUT2D eigenvalue weighted by Crippen LogP contribution is -2.29. The van der Waals surface area contributed by atoms with E-state index >= 15 is 0 Å². The second kappa shape index (κ2) is 4.36. The van der Waals surface area contributed by atoms with E-state index in [1.165, 1.54) is 12.1 Å². The molecule has 0 saturated carbocycles. The molecule has 0 aliphatic carbocycles. The molecule has 0 aliphatic heterocycles. The number of hydrogen-bond acceptors (Lipinski definition) is 1. The van der Waals surface area contributed by atoms with Gasteiger partial charge in [-0.1, -0.05) is 6.92 Å². The molecule has 0 radical (unpaired) electrons. The molecule has 1 N–H and O–H groups in total. The Bertz CT molecular complexity index is 338. The van der Waals surface area contributed by atoms with Crippen molar-refractivity contribution < 1.29 is 13.2 Å². The molecule has 0 saturated heterocycles. The van der Waals surface area contributed by atoms with Crippen LogP contribution < -0.4 is 5.32 Å². The summed E-state index contributed by atoms with van der Waals surface area (Å²) in [6.45, 7) is 6.03. The summed E-state index contributed by atoms with van der Waals surface area (Å²) in [6.07, 6.45) is -3.37. The van der Waals surface area contributed by atoms with Gasteiger partial charge < -0.3 is 5.32 Å². The number of alkyl halides is 3. The molecule has 1 aromatic carbocycles. The van der Waals surface area contributed by atoms with Crippen molar-refractivity contribution in [3.63, 3.8) is 0 Å². The van der Waals surface area contributed by atoms with Gasteiger partial charge in [-0.2, -0.15) is 13.2 Å². The Morgan fingerprint density at radius 1 is 1.06 bits per heavy atom. The van der Waals surface area contributed by atoms with Crippen molar-refractivity contribution in [1.82, 2.24) is 0 Å².